The van der Waals surface area contributed by atoms with Gasteiger partial charge in [-0.2, -0.15) is 0 Å². The van der Waals surface area contributed by atoms with Crippen LogP contribution < -0.4 is 20.5 Å². The van der Waals surface area contributed by atoms with Crippen molar-refractivity contribution in [3.63, 3.8) is 0 Å². The minimum absolute atomic E-state index is 0. The fraction of sp³-hybridized carbons (Fsp3) is 0.562. The number of hydrogen-bond donors (Lipinski definition) is 2. The summed E-state index contributed by atoms with van der Waals surface area (Å²) in [5, 5.41) is 2.95. The number of ether oxygens (including phenoxy) is 2. The molecule has 1 aromatic rings. The number of rotatable bonds is 7. The van der Waals surface area contributed by atoms with Crippen LogP contribution in [0.15, 0.2) is 12.1 Å². The van der Waals surface area contributed by atoms with Crippen molar-refractivity contribution in [3.8, 4) is 11.5 Å². The highest BCUT2D eigenvalue weighted by Gasteiger charge is 2.18. The lowest BCUT2D eigenvalue weighted by atomic mass is 10.0. The number of carbonyl (C=O) groups excluding carboxylic acids is 1. The maximum atomic E-state index is 12.0. The molecule has 0 aliphatic rings. The molecule has 0 bridgehead atoms. The first-order chi connectivity index (χ1) is 9.94. The molecule has 1 aromatic carbocycles. The fourth-order valence-electron chi connectivity index (χ4n) is 2.30. The zero-order chi connectivity index (χ0) is 16.0. The van der Waals surface area contributed by atoms with Crippen molar-refractivity contribution in [2.75, 3.05) is 14.2 Å². The number of aryl methyl sites for hydroxylation is 1. The summed E-state index contributed by atoms with van der Waals surface area (Å²) < 4.78 is 10.6. The summed E-state index contributed by atoms with van der Waals surface area (Å²) >= 11 is 0. The van der Waals surface area contributed by atoms with Crippen molar-refractivity contribution in [2.45, 2.75) is 45.7 Å². The molecular formula is C16H27ClN2O3. The number of hydrogen-bond acceptors (Lipinski definition) is 4. The molecular weight excluding hydrogens is 304 g/mol. The standard InChI is InChI=1S/C16H26N2O3.ClH/c1-6-7-13(17)16(19)18-11(3)12-9-15(21-5)14(20-4)8-10(12)2;/h8-9,11,13H,6-7,17H2,1-5H3,(H,18,19);1H. The molecule has 0 aliphatic carbocycles. The highest BCUT2D eigenvalue weighted by atomic mass is 35.5. The van der Waals surface area contributed by atoms with Gasteiger partial charge in [0.15, 0.2) is 11.5 Å². The van der Waals surface area contributed by atoms with Crippen molar-refractivity contribution in [1.29, 1.82) is 0 Å². The summed E-state index contributed by atoms with van der Waals surface area (Å²) in [6, 6.07) is 3.20. The molecule has 1 amide bonds. The molecule has 1 rings (SSSR count). The zero-order valence-corrected chi connectivity index (χ0v) is 14.8. The maximum absolute atomic E-state index is 12.0. The van der Waals surface area contributed by atoms with Crippen LogP contribution in [0.1, 0.15) is 43.9 Å². The van der Waals surface area contributed by atoms with Crippen LogP contribution in [0.3, 0.4) is 0 Å². The molecule has 0 radical (unpaired) electrons. The predicted molar refractivity (Wildman–Crippen MR) is 91.0 cm³/mol. The Morgan fingerprint density at radius 1 is 1.27 bits per heavy atom. The minimum atomic E-state index is -0.460. The van der Waals surface area contributed by atoms with Gasteiger partial charge in [0.25, 0.3) is 0 Å². The summed E-state index contributed by atoms with van der Waals surface area (Å²) in [7, 11) is 3.20. The smallest absolute Gasteiger partial charge is 0.237 e. The van der Waals surface area contributed by atoms with Crippen LogP contribution in [0, 0.1) is 6.92 Å². The minimum Gasteiger partial charge on any atom is -0.493 e. The van der Waals surface area contributed by atoms with E-state index in [0.717, 1.165) is 17.5 Å². The second kappa shape index (κ2) is 9.54. The first kappa shape index (κ1) is 20.5. The number of nitrogens with one attached hydrogen (secondary N) is 1. The van der Waals surface area contributed by atoms with Crippen LogP contribution >= 0.6 is 12.4 Å². The molecule has 6 heteroatoms. The average molecular weight is 331 g/mol. The van der Waals surface area contributed by atoms with Gasteiger partial charge in [-0.15, -0.1) is 12.4 Å². The number of carbonyl (C=O) groups is 1. The van der Waals surface area contributed by atoms with Crippen molar-refractivity contribution in [1.82, 2.24) is 5.32 Å². The largest absolute Gasteiger partial charge is 0.493 e. The Bertz CT molecular complexity index is 495. The zero-order valence-electron chi connectivity index (χ0n) is 13.9. The Kier molecular flexibility index (Phi) is 8.90. The molecule has 0 aliphatic heterocycles. The molecule has 0 saturated carbocycles. The van der Waals surface area contributed by atoms with Gasteiger partial charge in [-0.1, -0.05) is 13.3 Å². The van der Waals surface area contributed by atoms with Gasteiger partial charge >= 0.3 is 0 Å². The third kappa shape index (κ3) is 5.07. The fourth-order valence-corrected chi connectivity index (χ4v) is 2.30. The summed E-state index contributed by atoms with van der Waals surface area (Å²) in [4.78, 5) is 12.0. The third-order valence-electron chi connectivity index (χ3n) is 3.53. The summed E-state index contributed by atoms with van der Waals surface area (Å²) in [6.45, 7) is 5.92. The number of halogens is 1. The van der Waals surface area contributed by atoms with E-state index < -0.39 is 6.04 Å². The Labute approximate surface area is 139 Å². The van der Waals surface area contributed by atoms with Gasteiger partial charge in [-0.3, -0.25) is 4.79 Å². The molecule has 3 N–H and O–H groups in total. The molecule has 2 atom stereocenters. The van der Waals surface area contributed by atoms with Gasteiger partial charge < -0.3 is 20.5 Å². The maximum Gasteiger partial charge on any atom is 0.237 e. The molecule has 0 saturated heterocycles. The lowest BCUT2D eigenvalue weighted by Gasteiger charge is -2.21. The highest BCUT2D eigenvalue weighted by molar-refractivity contribution is 5.85. The van der Waals surface area contributed by atoms with E-state index in [0.29, 0.717) is 17.9 Å². The lowest BCUT2D eigenvalue weighted by molar-refractivity contribution is -0.123. The van der Waals surface area contributed by atoms with E-state index >= 15 is 0 Å². The molecule has 0 heterocycles. The van der Waals surface area contributed by atoms with Gasteiger partial charge in [-0.05, 0) is 43.5 Å². The molecule has 126 valence electrons. The molecule has 22 heavy (non-hydrogen) atoms. The van der Waals surface area contributed by atoms with Crippen LogP contribution in [-0.2, 0) is 4.79 Å². The van der Waals surface area contributed by atoms with Gasteiger partial charge in [0.1, 0.15) is 0 Å². The topological polar surface area (TPSA) is 73.6 Å². The van der Waals surface area contributed by atoms with Gasteiger partial charge in [0.05, 0.1) is 26.3 Å². The molecule has 0 spiro atoms. The lowest BCUT2D eigenvalue weighted by Crippen LogP contribution is -2.41. The quantitative estimate of drug-likeness (QED) is 0.806. The Morgan fingerprint density at radius 2 is 1.82 bits per heavy atom. The molecule has 0 aromatic heterocycles. The molecule has 0 fully saturated rings. The number of nitrogens with two attached hydrogens (primary N) is 1. The van der Waals surface area contributed by atoms with Crippen LogP contribution in [0.25, 0.3) is 0 Å². The van der Waals surface area contributed by atoms with E-state index in [4.69, 9.17) is 15.2 Å². The van der Waals surface area contributed by atoms with Crippen molar-refractivity contribution < 1.29 is 14.3 Å². The number of methoxy groups -OCH3 is 2. The molecule has 2 unspecified atom stereocenters. The van der Waals surface area contributed by atoms with E-state index in [2.05, 4.69) is 5.32 Å². The Morgan fingerprint density at radius 3 is 2.32 bits per heavy atom. The van der Waals surface area contributed by atoms with Crippen molar-refractivity contribution in [3.05, 3.63) is 23.3 Å². The summed E-state index contributed by atoms with van der Waals surface area (Å²) in [6.07, 6.45) is 1.57. The van der Waals surface area contributed by atoms with Gasteiger partial charge in [0, 0.05) is 0 Å². The van der Waals surface area contributed by atoms with Crippen LogP contribution in [0.5, 0.6) is 11.5 Å². The molecule has 5 nitrogen and oxygen atoms in total. The highest BCUT2D eigenvalue weighted by Crippen LogP contribution is 2.32. The monoisotopic (exact) mass is 330 g/mol. The number of amides is 1. The van der Waals surface area contributed by atoms with E-state index in [1.54, 1.807) is 14.2 Å². The van der Waals surface area contributed by atoms with E-state index in [1.165, 1.54) is 0 Å². The Hall–Kier alpha value is -1.46. The second-order valence-electron chi connectivity index (χ2n) is 5.19. The van der Waals surface area contributed by atoms with Gasteiger partial charge in [0.2, 0.25) is 5.91 Å². The Balaban J connectivity index is 0.00000441. The SMILES string of the molecule is CCCC(N)C(=O)NC(C)c1cc(OC)c(OC)cc1C.Cl. The summed E-state index contributed by atoms with van der Waals surface area (Å²) in [5.74, 6) is 1.20. The first-order valence-electron chi connectivity index (χ1n) is 7.23. The van der Waals surface area contributed by atoms with Crippen molar-refractivity contribution in [2.24, 2.45) is 5.73 Å². The average Bonchev–Trinajstić information content (AvgIpc) is 2.46. The first-order valence-corrected chi connectivity index (χ1v) is 7.23. The van der Waals surface area contributed by atoms with Crippen LogP contribution in [0.2, 0.25) is 0 Å². The van der Waals surface area contributed by atoms with E-state index in [-0.39, 0.29) is 24.4 Å². The van der Waals surface area contributed by atoms with Crippen LogP contribution in [0.4, 0.5) is 0 Å². The summed E-state index contributed by atoms with van der Waals surface area (Å²) in [5.41, 5.74) is 7.86. The van der Waals surface area contributed by atoms with Crippen LogP contribution in [-0.4, -0.2) is 26.2 Å². The van der Waals surface area contributed by atoms with Crippen molar-refractivity contribution >= 4 is 18.3 Å². The second-order valence-corrected chi connectivity index (χ2v) is 5.19. The normalized spacial score (nSPS) is 12.8. The van der Waals surface area contributed by atoms with E-state index in [9.17, 15) is 4.79 Å². The van der Waals surface area contributed by atoms with E-state index in [1.807, 2.05) is 32.9 Å². The predicted octanol–water partition coefficient (Wildman–Crippen LogP) is 2.74. The third-order valence-corrected chi connectivity index (χ3v) is 3.53. The van der Waals surface area contributed by atoms with Gasteiger partial charge in [-0.25, -0.2) is 0 Å². The number of benzene rings is 1.